The molecule has 1 unspecified atom stereocenters. The fourth-order valence-electron chi connectivity index (χ4n) is 2.19. The molecule has 0 saturated heterocycles. The molecule has 2 rings (SSSR count). The minimum atomic E-state index is -0.559. The van der Waals surface area contributed by atoms with E-state index in [1.807, 2.05) is 25.1 Å². The summed E-state index contributed by atoms with van der Waals surface area (Å²) in [4.78, 5) is 0. The number of ether oxygens (including phenoxy) is 2. The second-order valence-corrected chi connectivity index (χ2v) is 5.76. The molecule has 2 aromatic rings. The highest BCUT2D eigenvalue weighted by Gasteiger charge is 2.20. The van der Waals surface area contributed by atoms with Crippen molar-refractivity contribution >= 4 is 22.6 Å². The molecule has 21 heavy (non-hydrogen) atoms. The van der Waals surface area contributed by atoms with E-state index in [-0.39, 0.29) is 0 Å². The van der Waals surface area contributed by atoms with Gasteiger partial charge in [0.1, 0.15) is 5.82 Å². The lowest BCUT2D eigenvalue weighted by Crippen LogP contribution is -2.16. The van der Waals surface area contributed by atoms with Crippen LogP contribution in [0.5, 0.6) is 11.5 Å². The van der Waals surface area contributed by atoms with Crippen LogP contribution in [-0.4, -0.2) is 14.2 Å². The molecule has 0 aliphatic heterocycles. The maximum Gasteiger partial charge on any atom is 0.163 e. The van der Waals surface area contributed by atoms with Crippen LogP contribution in [0, 0.1) is 16.3 Å². The number of aryl methyl sites for hydroxylation is 1. The summed E-state index contributed by atoms with van der Waals surface area (Å²) in [5, 5.41) is 0. The molecule has 0 bridgehead atoms. The number of halogens is 2. The van der Waals surface area contributed by atoms with Gasteiger partial charge in [0.2, 0.25) is 0 Å². The smallest absolute Gasteiger partial charge is 0.163 e. The molecule has 0 aliphatic carbocycles. The molecule has 2 N–H and O–H groups in total. The third kappa shape index (κ3) is 3.13. The van der Waals surface area contributed by atoms with Gasteiger partial charge in [0.05, 0.1) is 20.3 Å². The summed E-state index contributed by atoms with van der Waals surface area (Å²) in [7, 11) is 2.99. The predicted molar refractivity (Wildman–Crippen MR) is 89.4 cm³/mol. The standard InChI is InChI=1S/C16H17FINO2/c1-9-5-4-6-10(15(9)18)16(19)11-7-13(20-2)14(21-3)8-12(11)17/h4-8,16H,19H2,1-3H3. The summed E-state index contributed by atoms with van der Waals surface area (Å²) >= 11 is 2.23. The van der Waals surface area contributed by atoms with Crippen LogP contribution in [0.15, 0.2) is 30.3 Å². The third-order valence-electron chi connectivity index (χ3n) is 3.39. The van der Waals surface area contributed by atoms with Gasteiger partial charge in [-0.1, -0.05) is 18.2 Å². The molecular formula is C16H17FINO2. The van der Waals surface area contributed by atoms with Crippen molar-refractivity contribution in [3.8, 4) is 11.5 Å². The minimum absolute atomic E-state index is 0.352. The Morgan fingerprint density at radius 2 is 1.71 bits per heavy atom. The van der Waals surface area contributed by atoms with Crippen LogP contribution in [0.25, 0.3) is 0 Å². The molecule has 0 spiro atoms. The van der Waals surface area contributed by atoms with E-state index in [9.17, 15) is 4.39 Å². The molecular weight excluding hydrogens is 384 g/mol. The molecule has 0 radical (unpaired) electrons. The van der Waals surface area contributed by atoms with Gasteiger partial charge in [-0.3, -0.25) is 0 Å². The lowest BCUT2D eigenvalue weighted by Gasteiger charge is -2.18. The Bertz CT molecular complexity index is 661. The Balaban J connectivity index is 2.53. The van der Waals surface area contributed by atoms with Crippen molar-refractivity contribution in [1.82, 2.24) is 0 Å². The van der Waals surface area contributed by atoms with Gasteiger partial charge in [0, 0.05) is 15.2 Å². The molecule has 3 nitrogen and oxygen atoms in total. The first-order valence-corrected chi connectivity index (χ1v) is 7.49. The average molecular weight is 401 g/mol. The van der Waals surface area contributed by atoms with Gasteiger partial charge in [-0.05, 0) is 46.7 Å². The Morgan fingerprint density at radius 1 is 1.10 bits per heavy atom. The number of hydrogen-bond acceptors (Lipinski definition) is 3. The van der Waals surface area contributed by atoms with Crippen molar-refractivity contribution in [2.75, 3.05) is 14.2 Å². The lowest BCUT2D eigenvalue weighted by atomic mass is 9.97. The Morgan fingerprint density at radius 3 is 2.33 bits per heavy atom. The van der Waals surface area contributed by atoms with Crippen molar-refractivity contribution < 1.29 is 13.9 Å². The second kappa shape index (κ2) is 6.62. The highest BCUT2D eigenvalue weighted by atomic mass is 127. The Hall–Kier alpha value is -1.34. The van der Waals surface area contributed by atoms with E-state index >= 15 is 0 Å². The molecule has 112 valence electrons. The zero-order valence-corrected chi connectivity index (χ0v) is 14.3. The van der Waals surface area contributed by atoms with E-state index in [0.29, 0.717) is 17.1 Å². The fourth-order valence-corrected chi connectivity index (χ4v) is 2.88. The van der Waals surface area contributed by atoms with Crippen molar-refractivity contribution in [3.63, 3.8) is 0 Å². The maximum atomic E-state index is 14.3. The van der Waals surface area contributed by atoms with E-state index in [1.54, 1.807) is 6.07 Å². The summed E-state index contributed by atoms with van der Waals surface area (Å²) in [5.74, 6) is 0.411. The van der Waals surface area contributed by atoms with Crippen molar-refractivity contribution in [2.24, 2.45) is 5.73 Å². The van der Waals surface area contributed by atoms with E-state index in [2.05, 4.69) is 22.6 Å². The highest BCUT2D eigenvalue weighted by molar-refractivity contribution is 14.1. The molecule has 0 fully saturated rings. The summed E-state index contributed by atoms with van der Waals surface area (Å²) in [6.07, 6.45) is 0. The molecule has 1 atom stereocenters. The fraction of sp³-hybridized carbons (Fsp3) is 0.250. The van der Waals surface area contributed by atoms with Gasteiger partial charge >= 0.3 is 0 Å². The van der Waals surface area contributed by atoms with Crippen LogP contribution in [0.4, 0.5) is 4.39 Å². The zero-order chi connectivity index (χ0) is 15.6. The van der Waals surface area contributed by atoms with Gasteiger partial charge in [-0.2, -0.15) is 0 Å². The topological polar surface area (TPSA) is 44.5 Å². The van der Waals surface area contributed by atoms with E-state index in [0.717, 1.165) is 14.7 Å². The lowest BCUT2D eigenvalue weighted by molar-refractivity contribution is 0.351. The molecule has 2 aromatic carbocycles. The zero-order valence-electron chi connectivity index (χ0n) is 12.1. The summed E-state index contributed by atoms with van der Waals surface area (Å²) < 4.78 is 25.7. The average Bonchev–Trinajstić information content (AvgIpc) is 2.49. The molecule has 0 saturated carbocycles. The first-order valence-electron chi connectivity index (χ1n) is 6.41. The van der Waals surface area contributed by atoms with Crippen molar-refractivity contribution in [1.29, 1.82) is 0 Å². The van der Waals surface area contributed by atoms with E-state index in [1.165, 1.54) is 20.3 Å². The van der Waals surface area contributed by atoms with E-state index in [4.69, 9.17) is 15.2 Å². The van der Waals surface area contributed by atoms with Crippen LogP contribution in [0.3, 0.4) is 0 Å². The maximum absolute atomic E-state index is 14.3. The van der Waals surface area contributed by atoms with Crippen LogP contribution in [0.1, 0.15) is 22.7 Å². The van der Waals surface area contributed by atoms with Crippen LogP contribution in [-0.2, 0) is 0 Å². The van der Waals surface area contributed by atoms with Crippen molar-refractivity contribution in [3.05, 3.63) is 56.4 Å². The van der Waals surface area contributed by atoms with Crippen LogP contribution < -0.4 is 15.2 Å². The second-order valence-electron chi connectivity index (χ2n) is 4.68. The SMILES string of the molecule is COc1cc(F)c(C(N)c2cccc(C)c2I)cc1OC. The van der Waals surface area contributed by atoms with Crippen LogP contribution >= 0.6 is 22.6 Å². The molecule has 5 heteroatoms. The Kier molecular flexibility index (Phi) is 5.05. The number of benzene rings is 2. The summed E-state index contributed by atoms with van der Waals surface area (Å²) in [6, 6.07) is 8.18. The van der Waals surface area contributed by atoms with Gasteiger partial charge < -0.3 is 15.2 Å². The summed E-state index contributed by atoms with van der Waals surface area (Å²) in [5.41, 5.74) is 8.65. The summed E-state index contributed by atoms with van der Waals surface area (Å²) in [6.45, 7) is 2.00. The Labute approximate surface area is 137 Å². The number of methoxy groups -OCH3 is 2. The molecule has 0 aliphatic rings. The largest absolute Gasteiger partial charge is 0.493 e. The minimum Gasteiger partial charge on any atom is -0.493 e. The first-order chi connectivity index (χ1) is 9.99. The van der Waals surface area contributed by atoms with Gasteiger partial charge in [0.15, 0.2) is 11.5 Å². The van der Waals surface area contributed by atoms with Crippen molar-refractivity contribution in [2.45, 2.75) is 13.0 Å². The number of rotatable bonds is 4. The number of nitrogens with two attached hydrogens (primary N) is 1. The normalized spacial score (nSPS) is 12.1. The first kappa shape index (κ1) is 16.0. The quantitative estimate of drug-likeness (QED) is 0.793. The van der Waals surface area contributed by atoms with Crippen LogP contribution in [0.2, 0.25) is 0 Å². The molecule has 0 heterocycles. The van der Waals surface area contributed by atoms with Gasteiger partial charge in [-0.25, -0.2) is 4.39 Å². The number of hydrogen-bond donors (Lipinski definition) is 1. The molecule has 0 amide bonds. The monoisotopic (exact) mass is 401 g/mol. The highest BCUT2D eigenvalue weighted by Crippen LogP contribution is 2.35. The van der Waals surface area contributed by atoms with Gasteiger partial charge in [0.25, 0.3) is 0 Å². The van der Waals surface area contributed by atoms with Gasteiger partial charge in [-0.15, -0.1) is 0 Å². The van der Waals surface area contributed by atoms with E-state index < -0.39 is 11.9 Å². The molecule has 0 aromatic heterocycles. The predicted octanol–water partition coefficient (Wildman–Crippen LogP) is 3.80. The third-order valence-corrected chi connectivity index (χ3v) is 4.87.